The van der Waals surface area contributed by atoms with Gasteiger partial charge in [-0.15, -0.1) is 0 Å². The van der Waals surface area contributed by atoms with Gasteiger partial charge in [-0.25, -0.2) is 9.78 Å². The van der Waals surface area contributed by atoms with E-state index in [-0.39, 0.29) is 23.9 Å². The lowest BCUT2D eigenvalue weighted by atomic mass is 9.88. The smallest absolute Gasteiger partial charge is 0.324 e. The summed E-state index contributed by atoms with van der Waals surface area (Å²) in [5, 5.41) is 2.38. The van der Waals surface area contributed by atoms with E-state index in [9.17, 15) is 9.59 Å². The van der Waals surface area contributed by atoms with Gasteiger partial charge < -0.3 is 9.64 Å². The minimum atomic E-state index is -0.370. The van der Waals surface area contributed by atoms with Crippen LogP contribution >= 0.6 is 0 Å². The molecule has 0 radical (unpaired) electrons. The average Bonchev–Trinajstić information content (AvgIpc) is 3.47. The highest BCUT2D eigenvalue weighted by Crippen LogP contribution is 2.44. The van der Waals surface area contributed by atoms with Gasteiger partial charge in [-0.2, -0.15) is 0 Å². The van der Waals surface area contributed by atoms with Crippen LogP contribution in [0.1, 0.15) is 48.4 Å². The third kappa shape index (κ3) is 3.27. The second kappa shape index (κ2) is 6.68. The van der Waals surface area contributed by atoms with E-state index in [1.165, 1.54) is 12.8 Å². The van der Waals surface area contributed by atoms with Gasteiger partial charge in [0.1, 0.15) is 5.75 Å². The number of urea groups is 1. The topological polar surface area (TPSA) is 71.5 Å². The number of hydrogen-bond acceptors (Lipinski definition) is 4. The Balaban J connectivity index is 1.61. The van der Waals surface area contributed by atoms with Crippen molar-refractivity contribution < 1.29 is 14.3 Å². The predicted molar refractivity (Wildman–Crippen MR) is 101 cm³/mol. The van der Waals surface area contributed by atoms with Gasteiger partial charge >= 0.3 is 6.03 Å². The van der Waals surface area contributed by atoms with E-state index in [1.807, 2.05) is 38.1 Å². The molecule has 2 aliphatic rings. The van der Waals surface area contributed by atoms with Crippen molar-refractivity contribution >= 4 is 11.9 Å². The van der Waals surface area contributed by atoms with E-state index in [4.69, 9.17) is 4.74 Å². The van der Waals surface area contributed by atoms with Crippen molar-refractivity contribution in [3.05, 3.63) is 53.2 Å². The Labute approximate surface area is 158 Å². The van der Waals surface area contributed by atoms with E-state index >= 15 is 0 Å². The minimum Gasteiger partial charge on any atom is -0.439 e. The van der Waals surface area contributed by atoms with Crippen molar-refractivity contribution in [2.75, 3.05) is 7.05 Å². The van der Waals surface area contributed by atoms with Crippen molar-refractivity contribution in [2.24, 2.45) is 5.92 Å². The van der Waals surface area contributed by atoms with Crippen LogP contribution in [0.15, 0.2) is 36.5 Å². The maximum atomic E-state index is 12.1. The second-order valence-electron chi connectivity index (χ2n) is 7.43. The van der Waals surface area contributed by atoms with Crippen LogP contribution in [0, 0.1) is 12.8 Å². The molecule has 0 spiro atoms. The van der Waals surface area contributed by atoms with E-state index in [2.05, 4.69) is 16.4 Å². The van der Waals surface area contributed by atoms with Crippen LogP contribution in [0.3, 0.4) is 0 Å². The van der Waals surface area contributed by atoms with Crippen molar-refractivity contribution in [3.8, 4) is 11.6 Å². The number of ether oxygens (including phenoxy) is 1. The van der Waals surface area contributed by atoms with Crippen LogP contribution in [0.4, 0.5) is 4.79 Å². The fraction of sp³-hybridized carbons (Fsp3) is 0.381. The SMILES string of the molecule is Cc1cc(Oc2ncccc2C2CC2)ccc1C1C(C)C(=O)NC(=O)N1C. The lowest BCUT2D eigenvalue weighted by molar-refractivity contribution is -0.127. The number of amides is 3. The molecule has 1 saturated carbocycles. The van der Waals surface area contributed by atoms with E-state index in [0.717, 1.165) is 16.7 Å². The monoisotopic (exact) mass is 365 g/mol. The Morgan fingerprint density at radius 3 is 2.67 bits per heavy atom. The first-order valence-corrected chi connectivity index (χ1v) is 9.26. The number of rotatable bonds is 4. The number of nitrogens with one attached hydrogen (secondary N) is 1. The summed E-state index contributed by atoms with van der Waals surface area (Å²) in [6.45, 7) is 3.81. The summed E-state index contributed by atoms with van der Waals surface area (Å²) in [5.74, 6) is 1.35. The number of hydrogen-bond donors (Lipinski definition) is 1. The Hall–Kier alpha value is -2.89. The maximum absolute atomic E-state index is 12.1. The van der Waals surface area contributed by atoms with Gasteiger partial charge in [-0.3, -0.25) is 10.1 Å². The molecule has 6 nitrogen and oxygen atoms in total. The Morgan fingerprint density at radius 2 is 1.96 bits per heavy atom. The maximum Gasteiger partial charge on any atom is 0.324 e. The Bertz CT molecular complexity index is 887. The minimum absolute atomic E-state index is 0.245. The Kier molecular flexibility index (Phi) is 4.34. The molecular weight excluding hydrogens is 342 g/mol. The van der Waals surface area contributed by atoms with Gasteiger partial charge in [0.05, 0.1) is 12.0 Å². The van der Waals surface area contributed by atoms with Crippen LogP contribution < -0.4 is 10.1 Å². The number of aromatic nitrogens is 1. The molecule has 2 aromatic rings. The molecular formula is C21H23N3O3. The number of pyridine rings is 1. The van der Waals surface area contributed by atoms with Gasteiger partial charge in [-0.05, 0) is 55.0 Å². The van der Waals surface area contributed by atoms with Crippen LogP contribution in [0.2, 0.25) is 0 Å². The van der Waals surface area contributed by atoms with Crippen molar-refractivity contribution in [3.63, 3.8) is 0 Å². The van der Waals surface area contributed by atoms with Gasteiger partial charge in [0.25, 0.3) is 0 Å². The Morgan fingerprint density at radius 1 is 1.19 bits per heavy atom. The zero-order valence-corrected chi connectivity index (χ0v) is 15.7. The molecule has 1 aromatic carbocycles. The van der Waals surface area contributed by atoms with E-state index in [1.54, 1.807) is 18.1 Å². The lowest BCUT2D eigenvalue weighted by Gasteiger charge is -2.37. The molecule has 1 saturated heterocycles. The number of carbonyl (C=O) groups is 2. The highest BCUT2D eigenvalue weighted by molar-refractivity contribution is 5.98. The second-order valence-corrected chi connectivity index (χ2v) is 7.43. The summed E-state index contributed by atoms with van der Waals surface area (Å²) < 4.78 is 6.06. The first-order chi connectivity index (χ1) is 13.0. The van der Waals surface area contributed by atoms with Crippen molar-refractivity contribution in [1.29, 1.82) is 0 Å². The zero-order chi connectivity index (χ0) is 19.1. The third-order valence-corrected chi connectivity index (χ3v) is 5.45. The standard InChI is InChI=1S/C21H23N3O3/c1-12-11-15(27-20-17(14-6-7-14)5-4-10-22-20)8-9-16(12)18-13(2)19(25)23-21(26)24(18)3/h4-5,8-11,13-14,18H,6-7H2,1-3H3,(H,23,25,26). The molecule has 4 rings (SSSR count). The highest BCUT2D eigenvalue weighted by Gasteiger charge is 2.38. The fourth-order valence-corrected chi connectivity index (χ4v) is 3.74. The largest absolute Gasteiger partial charge is 0.439 e. The summed E-state index contributed by atoms with van der Waals surface area (Å²) in [7, 11) is 1.71. The number of imide groups is 1. The fourth-order valence-electron chi connectivity index (χ4n) is 3.74. The number of nitrogens with zero attached hydrogens (tertiary/aromatic N) is 2. The summed E-state index contributed by atoms with van der Waals surface area (Å²) in [6.07, 6.45) is 4.11. The quantitative estimate of drug-likeness (QED) is 0.891. The summed E-state index contributed by atoms with van der Waals surface area (Å²) in [6, 6.07) is 9.11. The molecule has 6 heteroatoms. The molecule has 1 aliphatic carbocycles. The third-order valence-electron chi connectivity index (χ3n) is 5.45. The molecule has 1 aromatic heterocycles. The molecule has 2 unspecified atom stereocenters. The number of carbonyl (C=O) groups excluding carboxylic acids is 2. The first-order valence-electron chi connectivity index (χ1n) is 9.26. The van der Waals surface area contributed by atoms with Gasteiger partial charge in [-0.1, -0.05) is 19.1 Å². The van der Waals surface area contributed by atoms with Gasteiger partial charge in [0.15, 0.2) is 0 Å². The predicted octanol–water partition coefficient (Wildman–Crippen LogP) is 3.92. The molecule has 0 bridgehead atoms. The van der Waals surface area contributed by atoms with Crippen molar-refractivity contribution in [2.45, 2.75) is 38.6 Å². The van der Waals surface area contributed by atoms with Crippen molar-refractivity contribution in [1.82, 2.24) is 15.2 Å². The molecule has 140 valence electrons. The van der Waals surface area contributed by atoms with E-state index < -0.39 is 0 Å². The molecule has 2 fully saturated rings. The highest BCUT2D eigenvalue weighted by atomic mass is 16.5. The normalized spacial score (nSPS) is 22.6. The molecule has 2 atom stereocenters. The zero-order valence-electron chi connectivity index (χ0n) is 15.7. The first kappa shape index (κ1) is 17.5. The summed E-state index contributed by atoms with van der Waals surface area (Å²) in [4.78, 5) is 30.1. The number of aryl methyl sites for hydroxylation is 1. The lowest BCUT2D eigenvalue weighted by Crippen LogP contribution is -2.53. The van der Waals surface area contributed by atoms with Gasteiger partial charge in [0, 0.05) is 18.8 Å². The average molecular weight is 365 g/mol. The van der Waals surface area contributed by atoms with Crippen LogP contribution in [-0.4, -0.2) is 28.9 Å². The van der Waals surface area contributed by atoms with Crippen LogP contribution in [0.25, 0.3) is 0 Å². The molecule has 27 heavy (non-hydrogen) atoms. The van der Waals surface area contributed by atoms with E-state index in [0.29, 0.717) is 17.5 Å². The summed E-state index contributed by atoms with van der Waals surface area (Å²) in [5.41, 5.74) is 3.08. The summed E-state index contributed by atoms with van der Waals surface area (Å²) >= 11 is 0. The van der Waals surface area contributed by atoms with Crippen LogP contribution in [-0.2, 0) is 4.79 Å². The van der Waals surface area contributed by atoms with Crippen LogP contribution in [0.5, 0.6) is 11.6 Å². The molecule has 1 N–H and O–H groups in total. The molecule has 1 aliphatic heterocycles. The number of benzene rings is 1. The molecule has 3 amide bonds. The van der Waals surface area contributed by atoms with Gasteiger partial charge in [0.2, 0.25) is 11.8 Å². The molecule has 2 heterocycles.